The van der Waals surface area contributed by atoms with Crippen LogP contribution in [0.2, 0.25) is 0 Å². The minimum absolute atomic E-state index is 0.0990. The molecule has 0 aromatic heterocycles. The molecule has 94 valence electrons. The lowest BCUT2D eigenvalue weighted by Crippen LogP contribution is -2.27. The summed E-state index contributed by atoms with van der Waals surface area (Å²) in [5.74, 6) is 0.448. The molecule has 0 amide bonds. The number of hydrogen-bond acceptors (Lipinski definition) is 3. The number of rotatable bonds is 3. The van der Waals surface area contributed by atoms with Crippen molar-refractivity contribution in [1.82, 2.24) is 4.90 Å². The molecule has 1 aliphatic rings. The van der Waals surface area contributed by atoms with Crippen molar-refractivity contribution in [2.24, 2.45) is 5.73 Å². The van der Waals surface area contributed by atoms with Crippen molar-refractivity contribution < 1.29 is 13.5 Å². The molecule has 2 atom stereocenters. The van der Waals surface area contributed by atoms with Gasteiger partial charge in [-0.3, -0.25) is 0 Å². The Bertz CT molecular complexity index is 369. The summed E-state index contributed by atoms with van der Waals surface area (Å²) in [5.41, 5.74) is 7.10. The van der Waals surface area contributed by atoms with Crippen molar-refractivity contribution in [2.45, 2.75) is 18.6 Å². The van der Waals surface area contributed by atoms with E-state index in [0.29, 0.717) is 0 Å². The van der Waals surface area contributed by atoms with Crippen LogP contribution in [0.4, 0.5) is 8.78 Å². The van der Waals surface area contributed by atoms with Gasteiger partial charge in [0.2, 0.25) is 0 Å². The molecule has 1 saturated heterocycles. The van der Waals surface area contributed by atoms with Gasteiger partial charge in [-0.15, -0.1) is 0 Å². The number of hydrogen-bond donors (Lipinski definition) is 1. The van der Waals surface area contributed by atoms with Crippen LogP contribution in [-0.4, -0.2) is 37.7 Å². The van der Waals surface area contributed by atoms with Crippen LogP contribution in [0.1, 0.15) is 11.5 Å². The van der Waals surface area contributed by atoms with Gasteiger partial charge in [-0.25, -0.2) is 0 Å². The maximum atomic E-state index is 12.0. The summed E-state index contributed by atoms with van der Waals surface area (Å²) in [6.45, 7) is -1.02. The van der Waals surface area contributed by atoms with E-state index in [1.807, 2.05) is 7.05 Å². The fourth-order valence-electron chi connectivity index (χ4n) is 2.28. The van der Waals surface area contributed by atoms with Crippen molar-refractivity contribution in [1.29, 1.82) is 0 Å². The first kappa shape index (κ1) is 12.3. The van der Waals surface area contributed by atoms with E-state index in [4.69, 9.17) is 5.73 Å². The van der Waals surface area contributed by atoms with Gasteiger partial charge >= 0.3 is 6.61 Å². The Hall–Kier alpha value is -1.20. The van der Waals surface area contributed by atoms with Gasteiger partial charge in [-0.2, -0.15) is 8.78 Å². The van der Waals surface area contributed by atoms with Crippen LogP contribution in [0.3, 0.4) is 0 Å². The topological polar surface area (TPSA) is 38.5 Å². The van der Waals surface area contributed by atoms with E-state index < -0.39 is 6.61 Å². The van der Waals surface area contributed by atoms with Gasteiger partial charge in [0.15, 0.2) is 0 Å². The Morgan fingerprint density at radius 2 is 1.94 bits per heavy atom. The third-order valence-corrected chi connectivity index (χ3v) is 3.08. The van der Waals surface area contributed by atoms with Crippen molar-refractivity contribution in [3.8, 4) is 5.75 Å². The lowest BCUT2D eigenvalue weighted by molar-refractivity contribution is -0.0498. The number of likely N-dealkylation sites (N-methyl/N-ethyl adjacent to an activating group) is 1. The second-order valence-corrected chi connectivity index (χ2v) is 4.44. The second-order valence-electron chi connectivity index (χ2n) is 4.44. The predicted molar refractivity (Wildman–Crippen MR) is 61.3 cm³/mol. The number of alkyl halides is 2. The number of nitrogens with two attached hydrogens (primary N) is 1. The molecule has 1 heterocycles. The Morgan fingerprint density at radius 1 is 1.29 bits per heavy atom. The standard InChI is InChI=1S/C12H16F2N2O/c1-16-6-10(11(15)7-16)8-2-4-9(5-3-8)17-12(13)14/h2-5,10-12H,6-7,15H2,1H3/t10-,11+/m0/s1. The van der Waals surface area contributed by atoms with E-state index in [-0.39, 0.29) is 17.7 Å². The van der Waals surface area contributed by atoms with E-state index in [1.54, 1.807) is 24.3 Å². The molecule has 1 aliphatic heterocycles. The average molecular weight is 242 g/mol. The van der Waals surface area contributed by atoms with E-state index >= 15 is 0 Å². The monoisotopic (exact) mass is 242 g/mol. The number of ether oxygens (including phenoxy) is 1. The minimum Gasteiger partial charge on any atom is -0.435 e. The number of halogens is 2. The summed E-state index contributed by atoms with van der Waals surface area (Å²) in [4.78, 5) is 2.17. The highest BCUT2D eigenvalue weighted by molar-refractivity contribution is 5.31. The molecule has 17 heavy (non-hydrogen) atoms. The van der Waals surface area contributed by atoms with Crippen LogP contribution >= 0.6 is 0 Å². The second kappa shape index (κ2) is 4.98. The molecule has 2 rings (SSSR count). The molecular weight excluding hydrogens is 226 g/mol. The summed E-state index contributed by atoms with van der Waals surface area (Å²) < 4.78 is 28.3. The third kappa shape index (κ3) is 2.92. The molecule has 0 aliphatic carbocycles. The van der Waals surface area contributed by atoms with E-state index in [1.165, 1.54) is 0 Å². The number of likely N-dealkylation sites (tertiary alicyclic amines) is 1. The normalized spacial score (nSPS) is 25.5. The minimum atomic E-state index is -2.78. The largest absolute Gasteiger partial charge is 0.435 e. The molecule has 5 heteroatoms. The van der Waals surface area contributed by atoms with E-state index in [9.17, 15) is 8.78 Å². The third-order valence-electron chi connectivity index (χ3n) is 3.08. The lowest BCUT2D eigenvalue weighted by atomic mass is 9.95. The molecule has 0 unspecified atom stereocenters. The highest BCUT2D eigenvalue weighted by Crippen LogP contribution is 2.27. The smallest absolute Gasteiger partial charge is 0.387 e. The van der Waals surface area contributed by atoms with Crippen molar-refractivity contribution >= 4 is 0 Å². The van der Waals surface area contributed by atoms with Gasteiger partial charge < -0.3 is 15.4 Å². The first-order chi connectivity index (χ1) is 8.06. The molecule has 0 spiro atoms. The number of benzene rings is 1. The van der Waals surface area contributed by atoms with Gasteiger partial charge in [0.05, 0.1) is 0 Å². The van der Waals surface area contributed by atoms with Crippen LogP contribution in [-0.2, 0) is 0 Å². The van der Waals surface area contributed by atoms with Crippen LogP contribution in [0, 0.1) is 0 Å². The molecule has 3 nitrogen and oxygen atoms in total. The van der Waals surface area contributed by atoms with Crippen molar-refractivity contribution in [3.05, 3.63) is 29.8 Å². The maximum Gasteiger partial charge on any atom is 0.387 e. The average Bonchev–Trinajstić information content (AvgIpc) is 2.58. The van der Waals surface area contributed by atoms with Crippen LogP contribution < -0.4 is 10.5 Å². The first-order valence-corrected chi connectivity index (χ1v) is 5.55. The Kier molecular flexibility index (Phi) is 3.59. The molecular formula is C12H16F2N2O. The molecule has 2 N–H and O–H groups in total. The Morgan fingerprint density at radius 3 is 2.41 bits per heavy atom. The predicted octanol–water partition coefficient (Wildman–Crippen LogP) is 1.64. The van der Waals surface area contributed by atoms with Gasteiger partial charge in [0, 0.05) is 25.0 Å². The molecule has 0 bridgehead atoms. The lowest BCUT2D eigenvalue weighted by Gasteiger charge is -2.15. The zero-order valence-corrected chi connectivity index (χ0v) is 9.64. The Labute approximate surface area is 99.2 Å². The fraction of sp³-hybridized carbons (Fsp3) is 0.500. The van der Waals surface area contributed by atoms with Gasteiger partial charge in [-0.1, -0.05) is 12.1 Å². The number of nitrogens with zero attached hydrogens (tertiary/aromatic N) is 1. The summed E-state index contributed by atoms with van der Waals surface area (Å²) in [6, 6.07) is 6.84. The zero-order valence-electron chi connectivity index (χ0n) is 9.64. The molecule has 1 aromatic rings. The molecule has 1 fully saturated rings. The fourth-order valence-corrected chi connectivity index (χ4v) is 2.28. The van der Waals surface area contributed by atoms with Crippen LogP contribution in [0.25, 0.3) is 0 Å². The summed E-state index contributed by atoms with van der Waals surface area (Å²) in [6.07, 6.45) is 0. The van der Waals surface area contributed by atoms with Crippen LogP contribution in [0.5, 0.6) is 5.75 Å². The Balaban J connectivity index is 2.07. The molecule has 1 aromatic carbocycles. The first-order valence-electron chi connectivity index (χ1n) is 5.55. The van der Waals surface area contributed by atoms with Gasteiger partial charge in [-0.05, 0) is 24.7 Å². The van der Waals surface area contributed by atoms with Crippen molar-refractivity contribution in [2.75, 3.05) is 20.1 Å². The van der Waals surface area contributed by atoms with Crippen molar-refractivity contribution in [3.63, 3.8) is 0 Å². The summed E-state index contributed by atoms with van der Waals surface area (Å²) >= 11 is 0. The molecule has 0 radical (unpaired) electrons. The van der Waals surface area contributed by atoms with E-state index in [0.717, 1.165) is 18.7 Å². The SMILES string of the molecule is CN1C[C@@H](N)[C@H](c2ccc(OC(F)F)cc2)C1. The summed E-state index contributed by atoms with van der Waals surface area (Å²) in [7, 11) is 2.02. The van der Waals surface area contributed by atoms with E-state index in [2.05, 4.69) is 9.64 Å². The van der Waals surface area contributed by atoms with Crippen LogP contribution in [0.15, 0.2) is 24.3 Å². The zero-order chi connectivity index (χ0) is 12.4. The highest BCUT2D eigenvalue weighted by atomic mass is 19.3. The van der Waals surface area contributed by atoms with Gasteiger partial charge in [0.1, 0.15) is 5.75 Å². The van der Waals surface area contributed by atoms with Gasteiger partial charge in [0.25, 0.3) is 0 Å². The quantitative estimate of drug-likeness (QED) is 0.875. The maximum absolute atomic E-state index is 12.0. The summed E-state index contributed by atoms with van der Waals surface area (Å²) in [5, 5.41) is 0. The molecule has 0 saturated carbocycles. The highest BCUT2D eigenvalue weighted by Gasteiger charge is 2.28.